The summed E-state index contributed by atoms with van der Waals surface area (Å²) in [6.07, 6.45) is 4.08. The molecule has 0 heterocycles. The van der Waals surface area contributed by atoms with Crippen LogP contribution in [0.25, 0.3) is 11.1 Å². The van der Waals surface area contributed by atoms with Gasteiger partial charge in [0.2, 0.25) is 5.91 Å². The van der Waals surface area contributed by atoms with Gasteiger partial charge in [-0.3, -0.25) is 4.79 Å². The first kappa shape index (κ1) is 28.4. The molecular formula is C27H41N3O. The molecule has 2 aromatic carbocycles. The van der Waals surface area contributed by atoms with Crippen LogP contribution in [-0.2, 0) is 11.3 Å². The molecule has 2 rings (SSSR count). The molecule has 1 unspecified atom stereocenters. The average Bonchev–Trinajstić information content (AvgIpc) is 2.85. The van der Waals surface area contributed by atoms with Gasteiger partial charge in [-0.15, -0.1) is 0 Å². The Morgan fingerprint density at radius 3 is 2.19 bits per heavy atom. The van der Waals surface area contributed by atoms with Crippen molar-refractivity contribution in [2.45, 2.75) is 73.8 Å². The Hall–Kier alpha value is -2.64. The SMILES string of the molecule is CC.CC.CCCCCC(C)(CN)C(=O)NCc1ccc(-c2ccccc2C#N)cc1. The van der Waals surface area contributed by atoms with Gasteiger partial charge in [-0.1, -0.05) is 96.3 Å². The van der Waals surface area contributed by atoms with E-state index in [1.165, 1.54) is 0 Å². The molecule has 0 aliphatic heterocycles. The minimum absolute atomic E-state index is 0.0139. The van der Waals surface area contributed by atoms with Crippen LogP contribution in [0.15, 0.2) is 48.5 Å². The predicted octanol–water partition coefficient (Wildman–Crippen LogP) is 6.44. The third-order valence-corrected chi connectivity index (χ3v) is 5.10. The highest BCUT2D eigenvalue weighted by atomic mass is 16.2. The number of benzene rings is 2. The van der Waals surface area contributed by atoms with Gasteiger partial charge in [0.15, 0.2) is 0 Å². The van der Waals surface area contributed by atoms with E-state index in [0.717, 1.165) is 42.4 Å². The molecule has 4 nitrogen and oxygen atoms in total. The van der Waals surface area contributed by atoms with Gasteiger partial charge in [0.1, 0.15) is 0 Å². The number of nitrogens with zero attached hydrogens (tertiary/aromatic N) is 1. The second-order valence-corrected chi connectivity index (χ2v) is 7.26. The number of carbonyl (C=O) groups excluding carboxylic acids is 1. The van der Waals surface area contributed by atoms with E-state index in [1.807, 2.05) is 83.1 Å². The van der Waals surface area contributed by atoms with Crippen molar-refractivity contribution in [3.05, 3.63) is 59.7 Å². The molecular weight excluding hydrogens is 382 g/mol. The zero-order valence-corrected chi connectivity index (χ0v) is 20.3. The molecule has 170 valence electrons. The fourth-order valence-electron chi connectivity index (χ4n) is 3.10. The van der Waals surface area contributed by atoms with Gasteiger partial charge in [-0.2, -0.15) is 5.26 Å². The Balaban J connectivity index is 0.00000212. The van der Waals surface area contributed by atoms with E-state index in [-0.39, 0.29) is 5.91 Å². The number of nitrogens with one attached hydrogen (secondary N) is 1. The van der Waals surface area contributed by atoms with Crippen LogP contribution >= 0.6 is 0 Å². The second-order valence-electron chi connectivity index (χ2n) is 7.26. The molecule has 4 heteroatoms. The van der Waals surface area contributed by atoms with E-state index >= 15 is 0 Å². The van der Waals surface area contributed by atoms with E-state index in [4.69, 9.17) is 5.73 Å². The molecule has 0 aliphatic rings. The molecule has 1 atom stereocenters. The maximum atomic E-state index is 12.6. The van der Waals surface area contributed by atoms with Crippen molar-refractivity contribution in [3.63, 3.8) is 0 Å². The first-order valence-electron chi connectivity index (χ1n) is 11.6. The number of hydrogen-bond donors (Lipinski definition) is 2. The lowest BCUT2D eigenvalue weighted by molar-refractivity contribution is -0.130. The molecule has 0 radical (unpaired) electrons. The Kier molecular flexibility index (Phi) is 14.7. The lowest BCUT2D eigenvalue weighted by Gasteiger charge is -2.26. The highest BCUT2D eigenvalue weighted by Gasteiger charge is 2.30. The van der Waals surface area contributed by atoms with Crippen LogP contribution in [-0.4, -0.2) is 12.5 Å². The zero-order valence-electron chi connectivity index (χ0n) is 20.3. The summed E-state index contributed by atoms with van der Waals surface area (Å²) in [7, 11) is 0. The van der Waals surface area contributed by atoms with Crippen LogP contribution in [0.5, 0.6) is 0 Å². The summed E-state index contributed by atoms with van der Waals surface area (Å²) in [5, 5.41) is 12.3. The molecule has 2 aromatic rings. The van der Waals surface area contributed by atoms with Crippen molar-refractivity contribution in [3.8, 4) is 17.2 Å². The Morgan fingerprint density at radius 1 is 1.03 bits per heavy atom. The fraction of sp³-hybridized carbons (Fsp3) is 0.481. The summed E-state index contributed by atoms with van der Waals surface area (Å²) in [6.45, 7) is 12.9. The molecule has 0 bridgehead atoms. The molecule has 1 amide bonds. The molecule has 0 fully saturated rings. The van der Waals surface area contributed by atoms with Gasteiger partial charge in [-0.25, -0.2) is 0 Å². The van der Waals surface area contributed by atoms with Gasteiger partial charge in [0.25, 0.3) is 0 Å². The number of carbonyl (C=O) groups is 1. The van der Waals surface area contributed by atoms with E-state index in [0.29, 0.717) is 18.7 Å². The summed E-state index contributed by atoms with van der Waals surface area (Å²) in [6, 6.07) is 17.7. The fourth-order valence-corrected chi connectivity index (χ4v) is 3.10. The predicted molar refractivity (Wildman–Crippen MR) is 132 cm³/mol. The second kappa shape index (κ2) is 16.1. The normalized spacial score (nSPS) is 11.5. The van der Waals surface area contributed by atoms with Gasteiger partial charge >= 0.3 is 0 Å². The highest BCUT2D eigenvalue weighted by Crippen LogP contribution is 2.25. The van der Waals surface area contributed by atoms with Crippen molar-refractivity contribution in [1.29, 1.82) is 5.26 Å². The molecule has 0 aromatic heterocycles. The van der Waals surface area contributed by atoms with E-state index in [2.05, 4.69) is 18.3 Å². The molecule has 31 heavy (non-hydrogen) atoms. The maximum Gasteiger partial charge on any atom is 0.227 e. The molecule has 0 aliphatic carbocycles. The maximum absolute atomic E-state index is 12.6. The third kappa shape index (κ3) is 8.94. The lowest BCUT2D eigenvalue weighted by Crippen LogP contribution is -2.43. The van der Waals surface area contributed by atoms with Crippen LogP contribution < -0.4 is 11.1 Å². The van der Waals surface area contributed by atoms with Crippen LogP contribution in [0.4, 0.5) is 0 Å². The van der Waals surface area contributed by atoms with Gasteiger partial charge in [0.05, 0.1) is 17.0 Å². The average molecular weight is 424 g/mol. The third-order valence-electron chi connectivity index (χ3n) is 5.10. The largest absolute Gasteiger partial charge is 0.352 e. The molecule has 0 spiro atoms. The van der Waals surface area contributed by atoms with Crippen LogP contribution in [0, 0.1) is 16.7 Å². The quantitative estimate of drug-likeness (QED) is 0.455. The van der Waals surface area contributed by atoms with Crippen LogP contribution in [0.2, 0.25) is 0 Å². The number of hydrogen-bond acceptors (Lipinski definition) is 3. The van der Waals surface area contributed by atoms with Crippen molar-refractivity contribution >= 4 is 5.91 Å². The minimum atomic E-state index is -0.513. The van der Waals surface area contributed by atoms with E-state index < -0.39 is 5.41 Å². The van der Waals surface area contributed by atoms with E-state index in [9.17, 15) is 10.1 Å². The van der Waals surface area contributed by atoms with Crippen molar-refractivity contribution < 1.29 is 4.79 Å². The summed E-state index contributed by atoms with van der Waals surface area (Å²) in [5.74, 6) is 0.0139. The summed E-state index contributed by atoms with van der Waals surface area (Å²) < 4.78 is 0. The number of nitrogens with two attached hydrogens (primary N) is 1. The Morgan fingerprint density at radius 2 is 1.65 bits per heavy atom. The summed E-state index contributed by atoms with van der Waals surface area (Å²) in [5.41, 5.74) is 8.96. The number of nitriles is 1. The van der Waals surface area contributed by atoms with Gasteiger partial charge in [0, 0.05) is 13.1 Å². The highest BCUT2D eigenvalue weighted by molar-refractivity contribution is 5.82. The summed E-state index contributed by atoms with van der Waals surface area (Å²) >= 11 is 0. The standard InChI is InChI=1S/C23H29N3O.2C2H6/c1-3-4-7-14-23(2,17-25)22(27)26-16-18-10-12-19(13-11-18)21-9-6-5-8-20(21)15-24;2*1-2/h5-6,8-13H,3-4,7,14,16-17,25H2,1-2H3,(H,26,27);2*1-2H3. The molecule has 0 saturated carbocycles. The van der Waals surface area contributed by atoms with Crippen molar-refractivity contribution in [1.82, 2.24) is 5.32 Å². The number of amides is 1. The number of rotatable bonds is 9. The molecule has 0 saturated heterocycles. The first-order chi connectivity index (χ1) is 15.0. The van der Waals surface area contributed by atoms with Crippen molar-refractivity contribution in [2.24, 2.45) is 11.1 Å². The Bertz CT molecular complexity index is 793. The monoisotopic (exact) mass is 423 g/mol. The molecule has 3 N–H and O–H groups in total. The van der Waals surface area contributed by atoms with Gasteiger partial charge in [-0.05, 0) is 36.1 Å². The minimum Gasteiger partial charge on any atom is -0.352 e. The zero-order chi connectivity index (χ0) is 23.7. The first-order valence-corrected chi connectivity index (χ1v) is 11.6. The van der Waals surface area contributed by atoms with Crippen LogP contribution in [0.3, 0.4) is 0 Å². The smallest absolute Gasteiger partial charge is 0.227 e. The topological polar surface area (TPSA) is 78.9 Å². The van der Waals surface area contributed by atoms with Crippen molar-refractivity contribution in [2.75, 3.05) is 6.54 Å². The van der Waals surface area contributed by atoms with Gasteiger partial charge < -0.3 is 11.1 Å². The Labute approximate surface area is 189 Å². The summed E-state index contributed by atoms with van der Waals surface area (Å²) in [4.78, 5) is 12.6. The number of unbranched alkanes of at least 4 members (excludes halogenated alkanes) is 2. The lowest BCUT2D eigenvalue weighted by atomic mass is 9.83. The van der Waals surface area contributed by atoms with Crippen LogP contribution in [0.1, 0.15) is 78.4 Å². The van der Waals surface area contributed by atoms with E-state index in [1.54, 1.807) is 0 Å².